The van der Waals surface area contributed by atoms with Crippen LogP contribution in [0, 0.1) is 6.92 Å². The predicted molar refractivity (Wildman–Crippen MR) is 98.4 cm³/mol. The van der Waals surface area contributed by atoms with E-state index < -0.39 is 0 Å². The number of rotatable bonds is 6. The zero-order chi connectivity index (χ0) is 16.8. The van der Waals surface area contributed by atoms with Crippen LogP contribution in [0.25, 0.3) is 0 Å². The van der Waals surface area contributed by atoms with Crippen molar-refractivity contribution in [3.05, 3.63) is 46.4 Å². The Morgan fingerprint density at radius 1 is 1.21 bits per heavy atom. The van der Waals surface area contributed by atoms with Gasteiger partial charge in [-0.2, -0.15) is 0 Å². The molecule has 1 N–H and O–H groups in total. The van der Waals surface area contributed by atoms with Gasteiger partial charge in [-0.3, -0.25) is 9.69 Å². The smallest absolute Gasteiger partial charge is 0.221 e. The highest BCUT2D eigenvalue weighted by Gasteiger charge is 2.17. The normalized spacial score (nSPS) is 15.5. The van der Waals surface area contributed by atoms with Gasteiger partial charge in [-0.1, -0.05) is 18.2 Å². The molecular weight excluding hydrogens is 320 g/mol. The molecule has 3 rings (SSSR count). The minimum absolute atomic E-state index is 0.119. The SMILES string of the molecule is Cc1ncsc1CNC(=O)CCN1CCN(c2ccccc2)CC1. The summed E-state index contributed by atoms with van der Waals surface area (Å²) in [5.74, 6) is 0.119. The van der Waals surface area contributed by atoms with Crippen LogP contribution in [0.4, 0.5) is 5.69 Å². The van der Waals surface area contributed by atoms with Gasteiger partial charge in [0.15, 0.2) is 0 Å². The van der Waals surface area contributed by atoms with Crippen LogP contribution in [-0.2, 0) is 11.3 Å². The molecular formula is C18H24N4OS. The number of hydrogen-bond donors (Lipinski definition) is 1. The topological polar surface area (TPSA) is 48.5 Å². The molecule has 1 fully saturated rings. The number of carbonyl (C=O) groups is 1. The molecule has 0 bridgehead atoms. The van der Waals surface area contributed by atoms with E-state index in [-0.39, 0.29) is 5.91 Å². The average Bonchev–Trinajstić information content (AvgIpc) is 3.04. The monoisotopic (exact) mass is 344 g/mol. The summed E-state index contributed by atoms with van der Waals surface area (Å²) in [6, 6.07) is 10.5. The molecule has 2 aromatic rings. The molecule has 1 aromatic carbocycles. The fourth-order valence-corrected chi connectivity index (χ4v) is 3.61. The van der Waals surface area contributed by atoms with Crippen molar-refractivity contribution in [1.82, 2.24) is 15.2 Å². The Balaban J connectivity index is 1.36. The molecule has 1 saturated heterocycles. The Labute approximate surface area is 147 Å². The maximum Gasteiger partial charge on any atom is 0.221 e. The summed E-state index contributed by atoms with van der Waals surface area (Å²) in [4.78, 5) is 22.1. The van der Waals surface area contributed by atoms with E-state index in [2.05, 4.69) is 44.4 Å². The molecule has 0 saturated carbocycles. The first-order chi connectivity index (χ1) is 11.7. The number of aryl methyl sites for hydroxylation is 1. The molecule has 1 amide bonds. The summed E-state index contributed by atoms with van der Waals surface area (Å²) < 4.78 is 0. The highest BCUT2D eigenvalue weighted by molar-refractivity contribution is 7.09. The second-order valence-electron chi connectivity index (χ2n) is 6.05. The van der Waals surface area contributed by atoms with Crippen molar-refractivity contribution in [2.45, 2.75) is 19.9 Å². The van der Waals surface area contributed by atoms with Crippen molar-refractivity contribution in [2.75, 3.05) is 37.6 Å². The molecule has 0 radical (unpaired) electrons. The van der Waals surface area contributed by atoms with Crippen molar-refractivity contribution < 1.29 is 4.79 Å². The first kappa shape index (κ1) is 16.9. The van der Waals surface area contributed by atoms with Crippen LogP contribution in [0.1, 0.15) is 17.0 Å². The third-order valence-corrected chi connectivity index (χ3v) is 5.37. The summed E-state index contributed by atoms with van der Waals surface area (Å²) >= 11 is 1.59. The summed E-state index contributed by atoms with van der Waals surface area (Å²) in [6.07, 6.45) is 0.559. The summed E-state index contributed by atoms with van der Waals surface area (Å²) in [5.41, 5.74) is 4.12. The van der Waals surface area contributed by atoms with Gasteiger partial charge in [-0.15, -0.1) is 11.3 Å². The number of nitrogens with one attached hydrogen (secondary N) is 1. The number of anilines is 1. The molecule has 6 heteroatoms. The lowest BCUT2D eigenvalue weighted by molar-refractivity contribution is -0.121. The van der Waals surface area contributed by atoms with Crippen LogP contribution in [-0.4, -0.2) is 48.5 Å². The van der Waals surface area contributed by atoms with E-state index in [1.54, 1.807) is 11.3 Å². The Bertz CT molecular complexity index is 650. The second kappa shape index (κ2) is 8.26. The number of carbonyl (C=O) groups excluding carboxylic acids is 1. The van der Waals surface area contributed by atoms with Gasteiger partial charge in [0.25, 0.3) is 0 Å². The molecule has 0 atom stereocenters. The predicted octanol–water partition coefficient (Wildman–Crippen LogP) is 2.28. The summed E-state index contributed by atoms with van der Waals surface area (Å²) in [7, 11) is 0. The fourth-order valence-electron chi connectivity index (χ4n) is 2.89. The molecule has 0 spiro atoms. The Kier molecular flexibility index (Phi) is 5.82. The zero-order valence-corrected chi connectivity index (χ0v) is 14.9. The zero-order valence-electron chi connectivity index (χ0n) is 14.1. The molecule has 0 aliphatic carbocycles. The van der Waals surface area contributed by atoms with Crippen molar-refractivity contribution in [2.24, 2.45) is 0 Å². The first-order valence-electron chi connectivity index (χ1n) is 8.40. The third-order valence-electron chi connectivity index (χ3n) is 4.44. The number of nitrogens with zero attached hydrogens (tertiary/aromatic N) is 3. The van der Waals surface area contributed by atoms with Crippen LogP contribution < -0.4 is 10.2 Å². The molecule has 1 aliphatic heterocycles. The lowest BCUT2D eigenvalue weighted by Crippen LogP contribution is -2.47. The van der Waals surface area contributed by atoms with Crippen LogP contribution in [0.3, 0.4) is 0 Å². The van der Waals surface area contributed by atoms with E-state index in [0.717, 1.165) is 43.3 Å². The molecule has 0 unspecified atom stereocenters. The number of para-hydroxylation sites is 1. The standard InChI is InChI=1S/C18H24N4OS/c1-15-17(24-14-20-15)13-19-18(23)7-8-21-9-11-22(12-10-21)16-5-3-2-4-6-16/h2-6,14H,7-13H2,1H3,(H,19,23). The quantitative estimate of drug-likeness (QED) is 0.873. The highest BCUT2D eigenvalue weighted by Crippen LogP contribution is 2.15. The van der Waals surface area contributed by atoms with E-state index in [9.17, 15) is 4.79 Å². The Morgan fingerprint density at radius 2 is 1.96 bits per heavy atom. The van der Waals surface area contributed by atoms with E-state index in [0.29, 0.717) is 13.0 Å². The van der Waals surface area contributed by atoms with Crippen molar-refractivity contribution >= 4 is 22.9 Å². The lowest BCUT2D eigenvalue weighted by atomic mass is 10.2. The molecule has 24 heavy (non-hydrogen) atoms. The van der Waals surface area contributed by atoms with Gasteiger partial charge >= 0.3 is 0 Å². The third kappa shape index (κ3) is 4.55. The van der Waals surface area contributed by atoms with Gasteiger partial charge in [-0.05, 0) is 19.1 Å². The number of amides is 1. The van der Waals surface area contributed by atoms with E-state index in [1.165, 1.54) is 5.69 Å². The van der Waals surface area contributed by atoms with Gasteiger partial charge in [-0.25, -0.2) is 4.98 Å². The number of benzene rings is 1. The molecule has 1 aromatic heterocycles. The van der Waals surface area contributed by atoms with E-state index in [4.69, 9.17) is 0 Å². The van der Waals surface area contributed by atoms with Crippen LogP contribution in [0.15, 0.2) is 35.8 Å². The second-order valence-corrected chi connectivity index (χ2v) is 6.99. The minimum atomic E-state index is 0.119. The maximum absolute atomic E-state index is 12.0. The molecule has 2 heterocycles. The van der Waals surface area contributed by atoms with Crippen molar-refractivity contribution in [1.29, 1.82) is 0 Å². The molecule has 128 valence electrons. The van der Waals surface area contributed by atoms with Gasteiger partial charge in [0.2, 0.25) is 5.91 Å². The van der Waals surface area contributed by atoms with Gasteiger partial charge in [0, 0.05) is 49.7 Å². The molecule has 5 nitrogen and oxygen atoms in total. The Morgan fingerprint density at radius 3 is 2.62 bits per heavy atom. The molecule has 1 aliphatic rings. The largest absolute Gasteiger partial charge is 0.369 e. The van der Waals surface area contributed by atoms with Crippen LogP contribution >= 0.6 is 11.3 Å². The number of aromatic nitrogens is 1. The Hall–Kier alpha value is -1.92. The first-order valence-corrected chi connectivity index (χ1v) is 9.28. The maximum atomic E-state index is 12.0. The number of piperazine rings is 1. The van der Waals surface area contributed by atoms with Gasteiger partial charge < -0.3 is 10.2 Å². The lowest BCUT2D eigenvalue weighted by Gasteiger charge is -2.36. The number of hydrogen-bond acceptors (Lipinski definition) is 5. The summed E-state index contributed by atoms with van der Waals surface area (Å²) in [6.45, 7) is 7.46. The van der Waals surface area contributed by atoms with Gasteiger partial charge in [0.05, 0.1) is 17.7 Å². The van der Waals surface area contributed by atoms with Crippen LogP contribution in [0.5, 0.6) is 0 Å². The van der Waals surface area contributed by atoms with E-state index in [1.807, 2.05) is 18.5 Å². The fraction of sp³-hybridized carbons (Fsp3) is 0.444. The minimum Gasteiger partial charge on any atom is -0.369 e. The van der Waals surface area contributed by atoms with Crippen molar-refractivity contribution in [3.8, 4) is 0 Å². The van der Waals surface area contributed by atoms with E-state index >= 15 is 0 Å². The average molecular weight is 344 g/mol. The summed E-state index contributed by atoms with van der Waals surface area (Å²) in [5, 5.41) is 2.99. The van der Waals surface area contributed by atoms with Crippen molar-refractivity contribution in [3.63, 3.8) is 0 Å². The number of thiazole rings is 1. The van der Waals surface area contributed by atoms with Crippen LogP contribution in [0.2, 0.25) is 0 Å². The van der Waals surface area contributed by atoms with Gasteiger partial charge in [0.1, 0.15) is 0 Å². The highest BCUT2D eigenvalue weighted by atomic mass is 32.1.